The topological polar surface area (TPSA) is 44.1 Å². The highest BCUT2D eigenvalue weighted by molar-refractivity contribution is 5.19. The molecule has 0 atom stereocenters. The summed E-state index contributed by atoms with van der Waals surface area (Å²) in [4.78, 5) is 15.3. The molecule has 18 heavy (non-hydrogen) atoms. The average Bonchev–Trinajstić information content (AvgIpc) is 2.33. The summed E-state index contributed by atoms with van der Waals surface area (Å²) in [6.07, 6.45) is 1.58. The molecule has 4 nitrogen and oxygen atoms in total. The van der Waals surface area contributed by atoms with Gasteiger partial charge in [-0.25, -0.2) is 4.39 Å². The number of hydrogen-bond acceptors (Lipinski definition) is 3. The third-order valence-corrected chi connectivity index (χ3v) is 2.62. The molecule has 1 heterocycles. The number of aryl methyl sites for hydroxylation is 1. The van der Waals surface area contributed by atoms with Gasteiger partial charge < -0.3 is 9.30 Å². The van der Waals surface area contributed by atoms with Gasteiger partial charge in [0.25, 0.3) is 0 Å². The summed E-state index contributed by atoms with van der Waals surface area (Å²) in [5.41, 5.74) is 0.399. The molecule has 0 saturated heterocycles. The largest absolute Gasteiger partial charge is 0.490 e. The molecule has 2 aromatic rings. The molecule has 0 aliphatic heterocycles. The van der Waals surface area contributed by atoms with Gasteiger partial charge in [0.1, 0.15) is 11.6 Å². The van der Waals surface area contributed by atoms with Crippen LogP contribution in [-0.4, -0.2) is 16.7 Å². The van der Waals surface area contributed by atoms with Crippen molar-refractivity contribution in [1.82, 2.24) is 9.55 Å². The van der Waals surface area contributed by atoms with Crippen molar-refractivity contribution in [1.29, 1.82) is 0 Å². The van der Waals surface area contributed by atoms with Gasteiger partial charge in [0, 0.05) is 6.54 Å². The monoisotopic (exact) mass is 248 g/mol. The summed E-state index contributed by atoms with van der Waals surface area (Å²) < 4.78 is 19.8. The fourth-order valence-corrected chi connectivity index (χ4v) is 1.69. The Bertz CT molecular complexity index is 623. The van der Waals surface area contributed by atoms with E-state index in [2.05, 4.69) is 4.98 Å². The summed E-state index contributed by atoms with van der Waals surface area (Å²) in [5, 5.41) is 0. The van der Waals surface area contributed by atoms with Crippen molar-refractivity contribution in [2.24, 2.45) is 0 Å². The fourth-order valence-electron chi connectivity index (χ4n) is 1.69. The van der Waals surface area contributed by atoms with Crippen LogP contribution in [0.1, 0.15) is 11.4 Å². The van der Waals surface area contributed by atoms with Gasteiger partial charge in [-0.3, -0.25) is 4.79 Å². The number of methoxy groups -OCH3 is 1. The summed E-state index contributed by atoms with van der Waals surface area (Å²) in [7, 11) is 1.42. The van der Waals surface area contributed by atoms with Gasteiger partial charge in [-0.1, -0.05) is 12.1 Å². The lowest BCUT2D eigenvalue weighted by Crippen LogP contribution is -2.17. The number of benzene rings is 1. The molecule has 0 saturated carbocycles. The molecule has 0 aliphatic rings. The Kier molecular flexibility index (Phi) is 3.41. The van der Waals surface area contributed by atoms with Crippen LogP contribution < -0.4 is 10.3 Å². The van der Waals surface area contributed by atoms with Crippen LogP contribution in [0.4, 0.5) is 4.39 Å². The lowest BCUT2D eigenvalue weighted by atomic mass is 10.2. The van der Waals surface area contributed by atoms with Gasteiger partial charge in [-0.15, -0.1) is 0 Å². The van der Waals surface area contributed by atoms with Crippen LogP contribution in [0.15, 0.2) is 35.3 Å². The van der Waals surface area contributed by atoms with E-state index in [-0.39, 0.29) is 11.6 Å². The molecular weight excluding hydrogens is 235 g/mol. The van der Waals surface area contributed by atoms with Gasteiger partial charge in [-0.05, 0) is 24.6 Å². The highest BCUT2D eigenvalue weighted by Gasteiger charge is 2.06. The Hall–Kier alpha value is -2.17. The van der Waals surface area contributed by atoms with Crippen LogP contribution in [-0.2, 0) is 6.54 Å². The van der Waals surface area contributed by atoms with Crippen molar-refractivity contribution in [3.05, 3.63) is 58.0 Å². The van der Waals surface area contributed by atoms with Crippen LogP contribution >= 0.6 is 0 Å². The second kappa shape index (κ2) is 5.00. The van der Waals surface area contributed by atoms with Crippen LogP contribution in [0.5, 0.6) is 5.75 Å². The average molecular weight is 248 g/mol. The molecule has 0 spiro atoms. The minimum absolute atomic E-state index is 0.178. The van der Waals surface area contributed by atoms with Gasteiger partial charge in [0.05, 0.1) is 13.3 Å². The van der Waals surface area contributed by atoms with Gasteiger partial charge in [0.15, 0.2) is 0 Å². The van der Waals surface area contributed by atoms with Crippen LogP contribution in [0, 0.1) is 12.7 Å². The van der Waals surface area contributed by atoms with Crippen molar-refractivity contribution in [2.45, 2.75) is 13.5 Å². The molecule has 94 valence electrons. The van der Waals surface area contributed by atoms with E-state index >= 15 is 0 Å². The zero-order valence-corrected chi connectivity index (χ0v) is 10.2. The Morgan fingerprint density at radius 1 is 1.44 bits per heavy atom. The highest BCUT2D eigenvalue weighted by Crippen LogP contribution is 2.09. The molecule has 5 heteroatoms. The normalized spacial score (nSPS) is 10.4. The van der Waals surface area contributed by atoms with Gasteiger partial charge in [-0.2, -0.15) is 4.98 Å². The van der Waals surface area contributed by atoms with Crippen LogP contribution in [0.2, 0.25) is 0 Å². The number of halogens is 1. The van der Waals surface area contributed by atoms with Crippen LogP contribution in [0.3, 0.4) is 0 Å². The van der Waals surface area contributed by atoms with Crippen LogP contribution in [0.25, 0.3) is 0 Å². The van der Waals surface area contributed by atoms with Crippen molar-refractivity contribution in [2.75, 3.05) is 7.11 Å². The van der Waals surface area contributed by atoms with Crippen molar-refractivity contribution < 1.29 is 9.13 Å². The molecule has 0 aliphatic carbocycles. The third kappa shape index (κ3) is 2.56. The molecule has 2 rings (SSSR count). The first-order chi connectivity index (χ1) is 8.60. The molecular formula is C13H13FN2O2. The second-order valence-electron chi connectivity index (χ2n) is 3.92. The molecule has 0 N–H and O–H groups in total. The molecule has 1 aromatic carbocycles. The number of rotatable bonds is 3. The first-order valence-corrected chi connectivity index (χ1v) is 5.46. The van der Waals surface area contributed by atoms with E-state index in [1.165, 1.54) is 19.2 Å². The quantitative estimate of drug-likeness (QED) is 0.831. The minimum Gasteiger partial charge on any atom is -0.490 e. The summed E-state index contributed by atoms with van der Waals surface area (Å²) in [5.74, 6) is 0.452. The molecule has 0 amide bonds. The lowest BCUT2D eigenvalue weighted by molar-refractivity contribution is 0.400. The maximum absolute atomic E-state index is 13.1. The van der Waals surface area contributed by atoms with E-state index < -0.39 is 5.56 Å². The summed E-state index contributed by atoms with van der Waals surface area (Å²) in [6, 6.07) is 6.30. The number of nitrogens with zero attached hydrogens (tertiary/aromatic N) is 2. The Labute approximate surface area is 104 Å². The maximum Gasteiger partial charge on any atom is 0.315 e. The highest BCUT2D eigenvalue weighted by atomic mass is 19.1. The lowest BCUT2D eigenvalue weighted by Gasteiger charge is -2.11. The van der Waals surface area contributed by atoms with E-state index in [1.807, 2.05) is 6.07 Å². The maximum atomic E-state index is 13.1. The number of hydrogen-bond donors (Lipinski definition) is 0. The Morgan fingerprint density at radius 3 is 2.89 bits per heavy atom. The van der Waals surface area contributed by atoms with E-state index in [1.54, 1.807) is 23.8 Å². The molecule has 1 aromatic heterocycles. The smallest absolute Gasteiger partial charge is 0.315 e. The van der Waals surface area contributed by atoms with Gasteiger partial charge in [0.2, 0.25) is 5.75 Å². The summed E-state index contributed by atoms with van der Waals surface area (Å²) >= 11 is 0. The van der Waals surface area contributed by atoms with Gasteiger partial charge >= 0.3 is 5.56 Å². The zero-order chi connectivity index (χ0) is 13.1. The fraction of sp³-hybridized carbons (Fsp3) is 0.231. The number of ether oxygens (including phenoxy) is 1. The first kappa shape index (κ1) is 12.3. The molecule has 0 fully saturated rings. The predicted molar refractivity (Wildman–Crippen MR) is 65.3 cm³/mol. The molecule has 0 bridgehead atoms. The van der Waals surface area contributed by atoms with Crippen molar-refractivity contribution in [3.63, 3.8) is 0 Å². The van der Waals surface area contributed by atoms with E-state index in [0.29, 0.717) is 12.4 Å². The van der Waals surface area contributed by atoms with E-state index in [0.717, 1.165) is 5.56 Å². The SMILES string of the molecule is COc1cn(Cc2cccc(F)c2)c(C)nc1=O. The third-order valence-electron chi connectivity index (χ3n) is 2.62. The molecule has 0 unspecified atom stereocenters. The summed E-state index contributed by atoms with van der Waals surface area (Å²) in [6.45, 7) is 2.16. The van der Waals surface area contributed by atoms with E-state index in [9.17, 15) is 9.18 Å². The zero-order valence-electron chi connectivity index (χ0n) is 10.2. The molecule has 0 radical (unpaired) electrons. The Balaban J connectivity index is 2.37. The van der Waals surface area contributed by atoms with Crippen molar-refractivity contribution >= 4 is 0 Å². The Morgan fingerprint density at radius 2 is 2.22 bits per heavy atom. The standard InChI is InChI=1S/C13H13FN2O2/c1-9-15-13(17)12(18-2)8-16(9)7-10-4-3-5-11(14)6-10/h3-6,8H,7H2,1-2H3. The van der Waals surface area contributed by atoms with Crippen molar-refractivity contribution in [3.8, 4) is 5.75 Å². The van der Waals surface area contributed by atoms with E-state index in [4.69, 9.17) is 4.74 Å². The first-order valence-electron chi connectivity index (χ1n) is 5.46. The second-order valence-corrected chi connectivity index (χ2v) is 3.92. The predicted octanol–water partition coefficient (Wildman–Crippen LogP) is 1.75. The minimum atomic E-state index is -0.398. The number of aromatic nitrogens is 2.